The van der Waals surface area contributed by atoms with Crippen LogP contribution in [0.5, 0.6) is 11.8 Å². The van der Waals surface area contributed by atoms with Gasteiger partial charge in [-0.3, -0.25) is 4.90 Å². The zero-order valence-corrected chi connectivity index (χ0v) is 14.6. The Balaban J connectivity index is 1.59. The molecule has 24 heavy (non-hydrogen) atoms. The van der Waals surface area contributed by atoms with Crippen molar-refractivity contribution in [3.63, 3.8) is 0 Å². The Morgan fingerprint density at radius 3 is 2.71 bits per heavy atom. The average Bonchev–Trinajstić information content (AvgIpc) is 3.10. The number of nitrogens with zero attached hydrogens (tertiary/aromatic N) is 3. The number of rotatable bonds is 6. The monoisotopic (exact) mass is 327 g/mol. The molecule has 2 atom stereocenters. The molecule has 5 nitrogen and oxygen atoms in total. The molecule has 3 heterocycles. The number of aromatic nitrogens is 2. The van der Waals surface area contributed by atoms with Crippen molar-refractivity contribution < 1.29 is 9.47 Å². The lowest BCUT2D eigenvalue weighted by Gasteiger charge is -2.24. The van der Waals surface area contributed by atoms with Crippen molar-refractivity contribution in [1.82, 2.24) is 14.9 Å². The van der Waals surface area contributed by atoms with E-state index in [1.165, 1.54) is 12.0 Å². The first-order valence-electron chi connectivity index (χ1n) is 8.43. The maximum Gasteiger partial charge on any atom is 0.213 e. The van der Waals surface area contributed by atoms with Gasteiger partial charge in [-0.05, 0) is 43.9 Å². The van der Waals surface area contributed by atoms with Gasteiger partial charge in [0.25, 0.3) is 0 Å². The quantitative estimate of drug-likeness (QED) is 0.816. The van der Waals surface area contributed by atoms with Crippen molar-refractivity contribution in [3.8, 4) is 11.8 Å². The molecule has 1 fully saturated rings. The molecule has 2 aromatic heterocycles. The van der Waals surface area contributed by atoms with E-state index in [-0.39, 0.29) is 0 Å². The van der Waals surface area contributed by atoms with Crippen LogP contribution < -0.4 is 9.47 Å². The van der Waals surface area contributed by atoms with Crippen LogP contribution in [0.4, 0.5) is 0 Å². The van der Waals surface area contributed by atoms with E-state index in [2.05, 4.69) is 33.9 Å². The number of hydrogen-bond donors (Lipinski definition) is 0. The predicted molar refractivity (Wildman–Crippen MR) is 93.4 cm³/mol. The molecular formula is C19H25N3O2. The number of likely N-dealkylation sites (tertiary alicyclic amines) is 1. The molecule has 0 aromatic carbocycles. The first kappa shape index (κ1) is 16.7. The minimum absolute atomic E-state index is 0.305. The highest BCUT2D eigenvalue weighted by atomic mass is 16.5. The molecule has 1 saturated heterocycles. The molecule has 5 heteroatoms. The summed E-state index contributed by atoms with van der Waals surface area (Å²) in [6.07, 6.45) is 4.20. The van der Waals surface area contributed by atoms with Gasteiger partial charge in [0.15, 0.2) is 0 Å². The van der Waals surface area contributed by atoms with Gasteiger partial charge < -0.3 is 9.47 Å². The van der Waals surface area contributed by atoms with Crippen molar-refractivity contribution >= 4 is 0 Å². The lowest BCUT2D eigenvalue weighted by molar-refractivity contribution is 0.246. The van der Waals surface area contributed by atoms with Crippen LogP contribution in [0.25, 0.3) is 0 Å². The van der Waals surface area contributed by atoms with Gasteiger partial charge in [-0.15, -0.1) is 0 Å². The van der Waals surface area contributed by atoms with Gasteiger partial charge in [0, 0.05) is 30.9 Å². The number of methoxy groups -OCH3 is 2. The second kappa shape index (κ2) is 7.62. The van der Waals surface area contributed by atoms with Crippen molar-refractivity contribution in [2.75, 3.05) is 27.3 Å². The normalized spacial score (nSPS) is 19.2. The van der Waals surface area contributed by atoms with Crippen LogP contribution in [-0.4, -0.2) is 42.2 Å². The molecule has 0 N–H and O–H groups in total. The van der Waals surface area contributed by atoms with Crippen molar-refractivity contribution in [2.45, 2.75) is 25.8 Å². The smallest absolute Gasteiger partial charge is 0.213 e. The molecule has 0 spiro atoms. The minimum Gasteiger partial charge on any atom is -0.481 e. The predicted octanol–water partition coefficient (Wildman–Crippen LogP) is 3.12. The zero-order valence-electron chi connectivity index (χ0n) is 14.6. The van der Waals surface area contributed by atoms with Gasteiger partial charge in [-0.2, -0.15) is 0 Å². The van der Waals surface area contributed by atoms with E-state index >= 15 is 0 Å². The highest BCUT2D eigenvalue weighted by Crippen LogP contribution is 2.29. The second-order valence-electron chi connectivity index (χ2n) is 6.34. The zero-order chi connectivity index (χ0) is 16.9. The van der Waals surface area contributed by atoms with Gasteiger partial charge in [-0.25, -0.2) is 9.97 Å². The molecule has 0 unspecified atom stereocenters. The second-order valence-corrected chi connectivity index (χ2v) is 6.34. The van der Waals surface area contributed by atoms with E-state index < -0.39 is 0 Å². The Hall–Kier alpha value is -2.14. The molecule has 0 aliphatic carbocycles. The fourth-order valence-electron chi connectivity index (χ4n) is 3.33. The van der Waals surface area contributed by atoms with Gasteiger partial charge >= 0.3 is 0 Å². The average molecular weight is 327 g/mol. The van der Waals surface area contributed by atoms with Crippen LogP contribution >= 0.6 is 0 Å². The van der Waals surface area contributed by atoms with E-state index in [9.17, 15) is 0 Å². The van der Waals surface area contributed by atoms with Crippen LogP contribution in [0.1, 0.15) is 30.6 Å². The standard InChI is InChI=1S/C19H25N3O2/c1-14(17-5-4-6-19(21-17)24-3)22-10-9-16(13-22)11-15-7-8-18(23-2)20-12-15/h4-8,12,14,16H,9-11,13H2,1-3H3/t14-,16-/m1/s1. The Morgan fingerprint density at radius 1 is 1.17 bits per heavy atom. The summed E-state index contributed by atoms with van der Waals surface area (Å²) in [7, 11) is 3.30. The third kappa shape index (κ3) is 3.85. The van der Waals surface area contributed by atoms with Gasteiger partial charge in [0.2, 0.25) is 11.8 Å². The topological polar surface area (TPSA) is 47.5 Å². The number of ether oxygens (including phenoxy) is 2. The Bertz CT molecular complexity index is 660. The molecule has 1 aliphatic heterocycles. The van der Waals surface area contributed by atoms with Crippen molar-refractivity contribution in [2.24, 2.45) is 5.92 Å². The first-order chi connectivity index (χ1) is 11.7. The molecule has 128 valence electrons. The number of hydrogen-bond acceptors (Lipinski definition) is 5. The Morgan fingerprint density at radius 2 is 2.00 bits per heavy atom. The van der Waals surface area contributed by atoms with Crippen molar-refractivity contribution in [1.29, 1.82) is 0 Å². The molecule has 3 rings (SSSR count). The highest BCUT2D eigenvalue weighted by Gasteiger charge is 2.27. The Labute approximate surface area is 143 Å². The molecular weight excluding hydrogens is 302 g/mol. The fraction of sp³-hybridized carbons (Fsp3) is 0.474. The number of pyridine rings is 2. The molecule has 0 amide bonds. The van der Waals surface area contributed by atoms with E-state index in [0.29, 0.717) is 23.7 Å². The lowest BCUT2D eigenvalue weighted by Crippen LogP contribution is -2.25. The molecule has 0 saturated carbocycles. The summed E-state index contributed by atoms with van der Waals surface area (Å²) in [6.45, 7) is 4.42. The van der Waals surface area contributed by atoms with Crippen LogP contribution in [0.3, 0.4) is 0 Å². The summed E-state index contributed by atoms with van der Waals surface area (Å²) in [5.74, 6) is 2.01. The largest absolute Gasteiger partial charge is 0.481 e. The highest BCUT2D eigenvalue weighted by molar-refractivity contribution is 5.20. The summed E-state index contributed by atoms with van der Waals surface area (Å²) in [6, 6.07) is 10.3. The first-order valence-corrected chi connectivity index (χ1v) is 8.43. The third-order valence-electron chi connectivity index (χ3n) is 4.78. The summed E-state index contributed by atoms with van der Waals surface area (Å²) in [5.41, 5.74) is 2.34. The minimum atomic E-state index is 0.305. The molecule has 2 aromatic rings. The summed E-state index contributed by atoms with van der Waals surface area (Å²) < 4.78 is 10.4. The Kier molecular flexibility index (Phi) is 5.30. The van der Waals surface area contributed by atoms with Gasteiger partial charge in [-0.1, -0.05) is 12.1 Å². The van der Waals surface area contributed by atoms with E-state index in [0.717, 1.165) is 25.2 Å². The molecule has 1 aliphatic rings. The van der Waals surface area contributed by atoms with Crippen LogP contribution in [0.15, 0.2) is 36.5 Å². The SMILES string of the molecule is COc1ccc(C[C@H]2CCN([C@H](C)c3cccc(OC)n3)C2)cn1. The van der Waals surface area contributed by atoms with Gasteiger partial charge in [0.05, 0.1) is 19.9 Å². The van der Waals surface area contributed by atoms with Crippen LogP contribution in [-0.2, 0) is 6.42 Å². The summed E-state index contributed by atoms with van der Waals surface area (Å²) >= 11 is 0. The van der Waals surface area contributed by atoms with E-state index in [1.54, 1.807) is 14.2 Å². The maximum atomic E-state index is 5.24. The van der Waals surface area contributed by atoms with Gasteiger partial charge in [0.1, 0.15) is 0 Å². The summed E-state index contributed by atoms with van der Waals surface area (Å²) in [4.78, 5) is 11.4. The van der Waals surface area contributed by atoms with Crippen LogP contribution in [0.2, 0.25) is 0 Å². The van der Waals surface area contributed by atoms with E-state index in [1.807, 2.05) is 24.4 Å². The van der Waals surface area contributed by atoms with Crippen molar-refractivity contribution in [3.05, 3.63) is 47.8 Å². The molecule has 0 radical (unpaired) electrons. The summed E-state index contributed by atoms with van der Waals surface area (Å²) in [5, 5.41) is 0. The fourth-order valence-corrected chi connectivity index (χ4v) is 3.33. The lowest BCUT2D eigenvalue weighted by atomic mass is 10.00. The third-order valence-corrected chi connectivity index (χ3v) is 4.78. The molecule has 0 bridgehead atoms. The van der Waals surface area contributed by atoms with E-state index in [4.69, 9.17) is 9.47 Å². The van der Waals surface area contributed by atoms with Crippen LogP contribution in [0, 0.1) is 5.92 Å². The maximum absolute atomic E-state index is 5.24.